The average Bonchev–Trinajstić information content (AvgIpc) is 2.60. The fraction of sp³-hybridized carbons (Fsp3) is 0.182. The molecule has 0 aromatic heterocycles. The molecule has 1 aromatic carbocycles. The van der Waals surface area contributed by atoms with Crippen molar-refractivity contribution in [2.24, 2.45) is 5.10 Å². The van der Waals surface area contributed by atoms with Crippen LogP contribution in [0.1, 0.15) is 5.56 Å². The van der Waals surface area contributed by atoms with Gasteiger partial charge >= 0.3 is 0 Å². The Morgan fingerprint density at radius 1 is 1.25 bits per heavy atom. The molecule has 1 aromatic rings. The average molecular weight is 216 g/mol. The first-order valence-electron chi connectivity index (χ1n) is 4.84. The number of rotatable bonds is 2. The fourth-order valence-electron chi connectivity index (χ4n) is 1.45. The van der Waals surface area contributed by atoms with Crippen molar-refractivity contribution < 1.29 is 4.79 Å². The summed E-state index contributed by atoms with van der Waals surface area (Å²) in [5.74, 6) is -0.452. The SMILES string of the molecule is CN(C)c1ccc(C2=NNC(=O)C2=N)cc1. The minimum Gasteiger partial charge on any atom is -0.378 e. The summed E-state index contributed by atoms with van der Waals surface area (Å²) in [6.07, 6.45) is 0. The van der Waals surface area contributed by atoms with Crippen molar-refractivity contribution >= 4 is 23.0 Å². The van der Waals surface area contributed by atoms with Crippen molar-refractivity contribution in [2.45, 2.75) is 0 Å². The minimum atomic E-state index is -0.452. The molecule has 0 saturated heterocycles. The third kappa shape index (κ3) is 1.67. The molecule has 2 rings (SSSR count). The van der Waals surface area contributed by atoms with Crippen LogP contribution in [0.5, 0.6) is 0 Å². The quantitative estimate of drug-likeness (QED) is 0.760. The zero-order chi connectivity index (χ0) is 11.7. The molecule has 1 aliphatic heterocycles. The molecule has 16 heavy (non-hydrogen) atoms. The van der Waals surface area contributed by atoms with Crippen LogP contribution in [0.4, 0.5) is 5.69 Å². The van der Waals surface area contributed by atoms with E-state index in [-0.39, 0.29) is 5.71 Å². The highest BCUT2D eigenvalue weighted by atomic mass is 16.2. The van der Waals surface area contributed by atoms with Crippen molar-refractivity contribution in [3.05, 3.63) is 29.8 Å². The second-order valence-corrected chi connectivity index (χ2v) is 3.72. The number of benzene rings is 1. The number of anilines is 1. The highest BCUT2D eigenvalue weighted by molar-refractivity contribution is 6.70. The zero-order valence-electron chi connectivity index (χ0n) is 9.11. The van der Waals surface area contributed by atoms with Crippen molar-refractivity contribution in [3.63, 3.8) is 0 Å². The van der Waals surface area contributed by atoms with E-state index in [9.17, 15) is 4.79 Å². The number of amides is 1. The Morgan fingerprint density at radius 3 is 2.31 bits per heavy atom. The Bertz CT molecular complexity index is 473. The molecule has 0 fully saturated rings. The summed E-state index contributed by atoms with van der Waals surface area (Å²) in [6, 6.07) is 7.55. The maximum Gasteiger partial charge on any atom is 0.291 e. The van der Waals surface area contributed by atoms with Gasteiger partial charge in [-0.15, -0.1) is 0 Å². The molecule has 0 spiro atoms. The lowest BCUT2D eigenvalue weighted by molar-refractivity contribution is -0.114. The maximum absolute atomic E-state index is 11.1. The molecular formula is C11H12N4O. The van der Waals surface area contributed by atoms with Gasteiger partial charge in [-0.3, -0.25) is 10.2 Å². The van der Waals surface area contributed by atoms with Crippen LogP contribution in [0.3, 0.4) is 0 Å². The molecule has 0 saturated carbocycles. The zero-order valence-corrected chi connectivity index (χ0v) is 9.11. The number of nitrogens with zero attached hydrogens (tertiary/aromatic N) is 2. The van der Waals surface area contributed by atoms with E-state index >= 15 is 0 Å². The predicted molar refractivity (Wildman–Crippen MR) is 63.2 cm³/mol. The summed E-state index contributed by atoms with van der Waals surface area (Å²) < 4.78 is 0. The summed E-state index contributed by atoms with van der Waals surface area (Å²) >= 11 is 0. The Balaban J connectivity index is 2.30. The third-order valence-electron chi connectivity index (χ3n) is 2.39. The molecule has 1 aliphatic rings. The van der Waals surface area contributed by atoms with E-state index in [0.29, 0.717) is 5.71 Å². The van der Waals surface area contributed by atoms with Gasteiger partial charge in [0.1, 0.15) is 11.4 Å². The van der Waals surface area contributed by atoms with Crippen LogP contribution in [-0.2, 0) is 4.79 Å². The standard InChI is InChI=1S/C11H12N4O/c1-15(2)8-5-3-7(4-6-8)10-9(12)11(16)14-13-10/h3-6H,1-2H3,(H2,12,14,16). The van der Waals surface area contributed by atoms with Gasteiger partial charge in [0.2, 0.25) is 0 Å². The van der Waals surface area contributed by atoms with Gasteiger partial charge in [-0.25, -0.2) is 5.43 Å². The number of carbonyl (C=O) groups excluding carboxylic acids is 1. The van der Waals surface area contributed by atoms with E-state index < -0.39 is 5.91 Å². The van der Waals surface area contributed by atoms with Crippen molar-refractivity contribution in [1.82, 2.24) is 5.43 Å². The smallest absolute Gasteiger partial charge is 0.291 e. The predicted octanol–water partition coefficient (Wildman–Crippen LogP) is 0.606. The van der Waals surface area contributed by atoms with Gasteiger partial charge < -0.3 is 4.90 Å². The topological polar surface area (TPSA) is 68.6 Å². The highest BCUT2D eigenvalue weighted by Crippen LogP contribution is 2.14. The van der Waals surface area contributed by atoms with E-state index in [4.69, 9.17) is 5.41 Å². The molecule has 2 N–H and O–H groups in total. The number of hydrogen-bond donors (Lipinski definition) is 2. The fourth-order valence-corrected chi connectivity index (χ4v) is 1.45. The Morgan fingerprint density at radius 2 is 1.88 bits per heavy atom. The van der Waals surface area contributed by atoms with Gasteiger partial charge in [-0.1, -0.05) is 12.1 Å². The molecule has 5 nitrogen and oxygen atoms in total. The summed E-state index contributed by atoms with van der Waals surface area (Å²) in [5, 5.41) is 11.4. The van der Waals surface area contributed by atoms with Gasteiger partial charge in [0.15, 0.2) is 0 Å². The monoisotopic (exact) mass is 216 g/mol. The first-order chi connectivity index (χ1) is 7.59. The van der Waals surface area contributed by atoms with Gasteiger partial charge in [0, 0.05) is 25.3 Å². The van der Waals surface area contributed by atoms with Crippen LogP contribution in [0, 0.1) is 5.41 Å². The van der Waals surface area contributed by atoms with Gasteiger partial charge in [-0.05, 0) is 12.1 Å². The van der Waals surface area contributed by atoms with E-state index in [1.54, 1.807) is 0 Å². The maximum atomic E-state index is 11.1. The normalized spacial score (nSPS) is 14.8. The Labute approximate surface area is 93.3 Å². The molecule has 1 heterocycles. The number of nitrogens with one attached hydrogen (secondary N) is 2. The van der Waals surface area contributed by atoms with Crippen molar-refractivity contribution in [2.75, 3.05) is 19.0 Å². The molecule has 1 amide bonds. The lowest BCUT2D eigenvalue weighted by atomic mass is 10.1. The van der Waals surface area contributed by atoms with E-state index in [1.165, 1.54) is 0 Å². The molecule has 5 heteroatoms. The van der Waals surface area contributed by atoms with Crippen LogP contribution in [0.2, 0.25) is 0 Å². The lowest BCUT2D eigenvalue weighted by Gasteiger charge is -2.12. The van der Waals surface area contributed by atoms with Gasteiger partial charge in [0.05, 0.1) is 0 Å². The molecular weight excluding hydrogens is 204 g/mol. The summed E-state index contributed by atoms with van der Waals surface area (Å²) in [4.78, 5) is 13.1. The second-order valence-electron chi connectivity index (χ2n) is 3.72. The first kappa shape index (κ1) is 10.4. The number of hydrogen-bond acceptors (Lipinski definition) is 4. The number of hydrazone groups is 1. The molecule has 0 aliphatic carbocycles. The van der Waals surface area contributed by atoms with Crippen LogP contribution in [0.25, 0.3) is 0 Å². The molecule has 0 radical (unpaired) electrons. The first-order valence-corrected chi connectivity index (χ1v) is 4.84. The van der Waals surface area contributed by atoms with Crippen LogP contribution >= 0.6 is 0 Å². The van der Waals surface area contributed by atoms with Crippen molar-refractivity contribution in [3.8, 4) is 0 Å². The molecule has 0 atom stereocenters. The van der Waals surface area contributed by atoms with E-state index in [0.717, 1.165) is 11.3 Å². The summed E-state index contributed by atoms with van der Waals surface area (Å²) in [7, 11) is 3.91. The Kier molecular flexibility index (Phi) is 2.44. The summed E-state index contributed by atoms with van der Waals surface area (Å²) in [6.45, 7) is 0. The Hall–Kier alpha value is -2.17. The molecule has 0 unspecified atom stereocenters. The largest absolute Gasteiger partial charge is 0.378 e. The lowest BCUT2D eigenvalue weighted by Crippen LogP contribution is -2.22. The molecule has 0 bridgehead atoms. The minimum absolute atomic E-state index is 0.0856. The van der Waals surface area contributed by atoms with Crippen molar-refractivity contribution in [1.29, 1.82) is 5.41 Å². The van der Waals surface area contributed by atoms with E-state index in [1.807, 2.05) is 43.3 Å². The number of carbonyl (C=O) groups is 1. The van der Waals surface area contributed by atoms with Crippen LogP contribution < -0.4 is 10.3 Å². The van der Waals surface area contributed by atoms with E-state index in [2.05, 4.69) is 10.5 Å². The third-order valence-corrected chi connectivity index (χ3v) is 2.39. The van der Waals surface area contributed by atoms with Crippen LogP contribution in [0.15, 0.2) is 29.4 Å². The highest BCUT2D eigenvalue weighted by Gasteiger charge is 2.23. The summed E-state index contributed by atoms with van der Waals surface area (Å²) in [5.41, 5.74) is 4.42. The van der Waals surface area contributed by atoms with Gasteiger partial charge in [0.25, 0.3) is 5.91 Å². The second kappa shape index (κ2) is 3.77. The van der Waals surface area contributed by atoms with Crippen LogP contribution in [-0.4, -0.2) is 31.4 Å². The molecule has 82 valence electrons. The van der Waals surface area contributed by atoms with Gasteiger partial charge in [-0.2, -0.15) is 5.10 Å².